The van der Waals surface area contributed by atoms with Crippen molar-refractivity contribution in [2.75, 3.05) is 39.3 Å². The second-order valence-electron chi connectivity index (χ2n) is 5.76. The van der Waals surface area contributed by atoms with Gasteiger partial charge in [0.05, 0.1) is 23.4 Å². The van der Waals surface area contributed by atoms with Crippen molar-refractivity contribution in [2.24, 2.45) is 0 Å². The van der Waals surface area contributed by atoms with Crippen LogP contribution in [-0.2, 0) is 4.74 Å². The summed E-state index contributed by atoms with van der Waals surface area (Å²) in [5.74, 6) is 0. The monoisotopic (exact) mass is 327 g/mol. The van der Waals surface area contributed by atoms with Gasteiger partial charge in [-0.25, -0.2) is 4.79 Å². The predicted octanol–water partition coefficient (Wildman–Crippen LogP) is 0.871. The largest absolute Gasteiger partial charge is 0.375 e. The van der Waals surface area contributed by atoms with E-state index in [-0.39, 0.29) is 18.2 Å². The van der Waals surface area contributed by atoms with Crippen LogP contribution in [0.2, 0.25) is 5.02 Å². The number of carbonyl (C=O) groups excluding carboxylic acids is 1. The first kappa shape index (κ1) is 15.6. The number of nitrogens with one attached hydrogen (secondary N) is 2. The van der Waals surface area contributed by atoms with Crippen LogP contribution >= 0.6 is 11.6 Å². The van der Waals surface area contributed by atoms with Gasteiger partial charge < -0.3 is 20.3 Å². The average Bonchev–Trinajstić information content (AvgIpc) is 3.08. The number of hydrogen-bond donors (Lipinski definition) is 2. The lowest BCUT2D eigenvalue weighted by molar-refractivity contribution is 0.0674. The SMILES string of the molecule is O=C(NCC1CNCCCO1)N1CCC(n2cc(Cl)cn2)C1. The first-order chi connectivity index (χ1) is 10.7. The third kappa shape index (κ3) is 3.91. The molecule has 2 atom stereocenters. The molecular formula is C14H22ClN5O2. The molecule has 2 amide bonds. The second-order valence-corrected chi connectivity index (χ2v) is 6.20. The zero-order valence-electron chi connectivity index (χ0n) is 12.5. The van der Waals surface area contributed by atoms with Crippen LogP contribution in [0.15, 0.2) is 12.4 Å². The molecule has 0 aromatic carbocycles. The van der Waals surface area contributed by atoms with Crippen molar-refractivity contribution in [2.45, 2.75) is 25.0 Å². The van der Waals surface area contributed by atoms with Gasteiger partial charge in [0, 0.05) is 39.0 Å². The smallest absolute Gasteiger partial charge is 0.317 e. The predicted molar refractivity (Wildman–Crippen MR) is 83.1 cm³/mol. The number of urea groups is 1. The maximum absolute atomic E-state index is 12.2. The van der Waals surface area contributed by atoms with Crippen molar-refractivity contribution in [1.82, 2.24) is 25.3 Å². The van der Waals surface area contributed by atoms with E-state index in [4.69, 9.17) is 16.3 Å². The molecule has 2 aliphatic heterocycles. The molecule has 1 aromatic rings. The third-order valence-corrected chi connectivity index (χ3v) is 4.29. The van der Waals surface area contributed by atoms with Gasteiger partial charge >= 0.3 is 6.03 Å². The summed E-state index contributed by atoms with van der Waals surface area (Å²) in [6.07, 6.45) is 5.39. The van der Waals surface area contributed by atoms with Gasteiger partial charge in [-0.15, -0.1) is 0 Å². The Labute approximate surface area is 134 Å². The molecular weight excluding hydrogens is 306 g/mol. The summed E-state index contributed by atoms with van der Waals surface area (Å²) >= 11 is 5.89. The molecule has 8 heteroatoms. The first-order valence-corrected chi connectivity index (χ1v) is 8.15. The minimum absolute atomic E-state index is 0.0337. The van der Waals surface area contributed by atoms with E-state index in [1.54, 1.807) is 12.4 Å². The summed E-state index contributed by atoms with van der Waals surface area (Å²) in [7, 11) is 0. The normalized spacial score (nSPS) is 26.0. The number of rotatable bonds is 3. The van der Waals surface area contributed by atoms with E-state index in [9.17, 15) is 4.79 Å². The fraction of sp³-hybridized carbons (Fsp3) is 0.714. The highest BCUT2D eigenvalue weighted by atomic mass is 35.5. The Kier molecular flexibility index (Phi) is 5.17. The fourth-order valence-electron chi connectivity index (χ4n) is 2.87. The Bertz CT molecular complexity index is 501. The van der Waals surface area contributed by atoms with Gasteiger partial charge in [-0.3, -0.25) is 4.68 Å². The highest BCUT2D eigenvalue weighted by Crippen LogP contribution is 2.22. The molecule has 0 aliphatic carbocycles. The molecule has 1 aromatic heterocycles. The van der Waals surface area contributed by atoms with Crippen molar-refractivity contribution in [3.63, 3.8) is 0 Å². The molecule has 0 spiro atoms. The van der Waals surface area contributed by atoms with E-state index in [1.165, 1.54) is 0 Å². The van der Waals surface area contributed by atoms with Crippen molar-refractivity contribution in [3.05, 3.63) is 17.4 Å². The number of ether oxygens (including phenoxy) is 1. The zero-order chi connectivity index (χ0) is 15.4. The molecule has 122 valence electrons. The second kappa shape index (κ2) is 7.30. The Hall–Kier alpha value is -1.31. The van der Waals surface area contributed by atoms with E-state index >= 15 is 0 Å². The van der Waals surface area contributed by atoms with Crippen LogP contribution in [0.4, 0.5) is 4.79 Å². The number of likely N-dealkylation sites (tertiary alicyclic amines) is 1. The maximum atomic E-state index is 12.2. The van der Waals surface area contributed by atoms with Crippen molar-refractivity contribution in [3.8, 4) is 0 Å². The minimum atomic E-state index is -0.0337. The van der Waals surface area contributed by atoms with Gasteiger partial charge in [-0.2, -0.15) is 5.10 Å². The Morgan fingerprint density at radius 3 is 3.32 bits per heavy atom. The van der Waals surface area contributed by atoms with Crippen LogP contribution in [0.3, 0.4) is 0 Å². The van der Waals surface area contributed by atoms with E-state index in [0.717, 1.165) is 39.1 Å². The zero-order valence-corrected chi connectivity index (χ0v) is 13.3. The molecule has 2 fully saturated rings. The standard InChI is InChI=1S/C14H22ClN5O2/c15-11-6-18-20(9-11)12-2-4-19(10-12)14(21)17-8-13-7-16-3-1-5-22-13/h6,9,12-13,16H,1-5,7-8,10H2,(H,17,21). The summed E-state index contributed by atoms with van der Waals surface area (Å²) < 4.78 is 7.53. The third-order valence-electron chi connectivity index (χ3n) is 4.10. The van der Waals surface area contributed by atoms with Gasteiger partial charge in [0.25, 0.3) is 0 Å². The summed E-state index contributed by atoms with van der Waals surface area (Å²) in [4.78, 5) is 14.1. The summed E-state index contributed by atoms with van der Waals surface area (Å²) in [5, 5.41) is 11.1. The lowest BCUT2D eigenvalue weighted by Crippen LogP contribution is -2.44. The van der Waals surface area contributed by atoms with Crippen molar-refractivity contribution in [1.29, 1.82) is 0 Å². The maximum Gasteiger partial charge on any atom is 0.317 e. The molecule has 2 aliphatic rings. The lowest BCUT2D eigenvalue weighted by atomic mass is 10.3. The molecule has 3 heterocycles. The highest BCUT2D eigenvalue weighted by molar-refractivity contribution is 6.30. The van der Waals surface area contributed by atoms with E-state index in [1.807, 2.05) is 9.58 Å². The highest BCUT2D eigenvalue weighted by Gasteiger charge is 2.28. The summed E-state index contributed by atoms with van der Waals surface area (Å²) in [5.41, 5.74) is 0. The van der Waals surface area contributed by atoms with E-state index in [0.29, 0.717) is 18.1 Å². The van der Waals surface area contributed by atoms with E-state index < -0.39 is 0 Å². The number of halogens is 1. The Morgan fingerprint density at radius 2 is 2.50 bits per heavy atom. The van der Waals surface area contributed by atoms with Crippen LogP contribution in [0.5, 0.6) is 0 Å². The number of nitrogens with zero attached hydrogens (tertiary/aromatic N) is 3. The number of amides is 2. The fourth-order valence-corrected chi connectivity index (χ4v) is 3.01. The molecule has 0 bridgehead atoms. The van der Waals surface area contributed by atoms with Crippen LogP contribution < -0.4 is 10.6 Å². The van der Waals surface area contributed by atoms with Gasteiger partial charge in [-0.05, 0) is 19.4 Å². The Balaban J connectivity index is 1.45. The summed E-state index contributed by atoms with van der Waals surface area (Å²) in [6.45, 7) is 4.45. The molecule has 3 rings (SSSR count). The van der Waals surface area contributed by atoms with E-state index in [2.05, 4.69) is 15.7 Å². The molecule has 7 nitrogen and oxygen atoms in total. The topological polar surface area (TPSA) is 71.4 Å². The molecule has 0 radical (unpaired) electrons. The van der Waals surface area contributed by atoms with Crippen LogP contribution in [0.1, 0.15) is 18.9 Å². The molecule has 2 N–H and O–H groups in total. The van der Waals surface area contributed by atoms with Gasteiger partial charge in [0.2, 0.25) is 0 Å². The van der Waals surface area contributed by atoms with Crippen molar-refractivity contribution >= 4 is 17.6 Å². The minimum Gasteiger partial charge on any atom is -0.375 e. The molecule has 22 heavy (non-hydrogen) atoms. The van der Waals surface area contributed by atoms with Gasteiger partial charge in [0.15, 0.2) is 0 Å². The average molecular weight is 328 g/mol. The molecule has 2 saturated heterocycles. The van der Waals surface area contributed by atoms with Gasteiger partial charge in [0.1, 0.15) is 0 Å². The van der Waals surface area contributed by atoms with Gasteiger partial charge in [-0.1, -0.05) is 11.6 Å². The number of carbonyl (C=O) groups is 1. The number of hydrogen-bond acceptors (Lipinski definition) is 4. The van der Waals surface area contributed by atoms with Crippen molar-refractivity contribution < 1.29 is 9.53 Å². The molecule has 0 saturated carbocycles. The first-order valence-electron chi connectivity index (χ1n) is 7.77. The lowest BCUT2D eigenvalue weighted by Gasteiger charge is -2.20. The van der Waals surface area contributed by atoms with Crippen LogP contribution in [-0.4, -0.2) is 66.1 Å². The quantitative estimate of drug-likeness (QED) is 0.864. The van der Waals surface area contributed by atoms with Crippen LogP contribution in [0.25, 0.3) is 0 Å². The molecule has 2 unspecified atom stereocenters. The Morgan fingerprint density at radius 1 is 1.59 bits per heavy atom. The summed E-state index contributed by atoms with van der Waals surface area (Å²) in [6, 6.07) is 0.169. The van der Waals surface area contributed by atoms with Crippen LogP contribution in [0, 0.1) is 0 Å². The number of aromatic nitrogens is 2.